The minimum Gasteiger partial charge on any atom is -0.495 e. The van der Waals surface area contributed by atoms with E-state index in [4.69, 9.17) is 16.3 Å². The van der Waals surface area contributed by atoms with Gasteiger partial charge in [-0.2, -0.15) is 0 Å². The molecule has 0 radical (unpaired) electrons. The van der Waals surface area contributed by atoms with Crippen LogP contribution < -0.4 is 21.3 Å². The Morgan fingerprint density at radius 2 is 1.97 bits per heavy atom. The fraction of sp³-hybridized carbons (Fsp3) is 0.190. The van der Waals surface area contributed by atoms with Crippen LogP contribution in [0.25, 0.3) is 10.2 Å². The second kappa shape index (κ2) is 9.09. The summed E-state index contributed by atoms with van der Waals surface area (Å²) in [6.45, 7) is 0.0245. The van der Waals surface area contributed by atoms with Gasteiger partial charge in [0.05, 0.1) is 17.6 Å². The number of ether oxygens (including phenoxy) is 1. The molecule has 0 saturated heterocycles. The second-order valence-corrected chi connectivity index (χ2v) is 9.04. The molecule has 160 valence electrons. The molecular formula is C21H18ClN3O4S2. The molecule has 1 amide bonds. The number of aromatic nitrogens is 2. The average molecular weight is 476 g/mol. The number of anilines is 1. The van der Waals surface area contributed by atoms with Gasteiger partial charge in [-0.1, -0.05) is 17.7 Å². The molecule has 0 unspecified atom stereocenters. The van der Waals surface area contributed by atoms with Gasteiger partial charge in [0.2, 0.25) is 5.91 Å². The first-order valence-electron chi connectivity index (χ1n) is 9.34. The molecule has 0 aliphatic carbocycles. The van der Waals surface area contributed by atoms with E-state index < -0.39 is 11.6 Å². The zero-order valence-corrected chi connectivity index (χ0v) is 18.9. The number of aryl methyl sites for hydroxylation is 1. The van der Waals surface area contributed by atoms with Crippen LogP contribution in [-0.4, -0.2) is 22.2 Å². The third-order valence-corrected chi connectivity index (χ3v) is 6.86. The summed E-state index contributed by atoms with van der Waals surface area (Å²) in [4.78, 5) is 39.7. The van der Waals surface area contributed by atoms with Crippen LogP contribution in [0.2, 0.25) is 5.02 Å². The highest BCUT2D eigenvalue weighted by Crippen LogP contribution is 2.27. The Morgan fingerprint density at radius 3 is 2.68 bits per heavy atom. The van der Waals surface area contributed by atoms with E-state index in [1.807, 2.05) is 17.5 Å². The molecule has 4 rings (SSSR count). The SMILES string of the molecule is COc1ccc(NC(=O)Cn2c(=O)n(CCc3cccs3)c(=O)c3sccc32)cc1Cl. The van der Waals surface area contributed by atoms with Crippen LogP contribution in [0.4, 0.5) is 5.69 Å². The summed E-state index contributed by atoms with van der Waals surface area (Å²) >= 11 is 8.94. The number of methoxy groups -OCH3 is 1. The first kappa shape index (κ1) is 21.4. The van der Waals surface area contributed by atoms with Crippen molar-refractivity contribution >= 4 is 56.1 Å². The van der Waals surface area contributed by atoms with Crippen LogP contribution in [0.1, 0.15) is 4.88 Å². The van der Waals surface area contributed by atoms with Crippen LogP contribution in [0.5, 0.6) is 5.75 Å². The normalized spacial score (nSPS) is 11.0. The molecule has 1 aromatic carbocycles. The lowest BCUT2D eigenvalue weighted by Crippen LogP contribution is -2.41. The van der Waals surface area contributed by atoms with Gasteiger partial charge >= 0.3 is 5.69 Å². The third-order valence-electron chi connectivity index (χ3n) is 4.74. The van der Waals surface area contributed by atoms with E-state index in [-0.39, 0.29) is 18.6 Å². The number of benzene rings is 1. The minimum atomic E-state index is -0.504. The quantitative estimate of drug-likeness (QED) is 0.440. The van der Waals surface area contributed by atoms with Gasteiger partial charge in [-0.15, -0.1) is 22.7 Å². The van der Waals surface area contributed by atoms with Crippen molar-refractivity contribution in [2.24, 2.45) is 0 Å². The number of nitrogens with zero attached hydrogens (tertiary/aromatic N) is 2. The Bertz CT molecular complexity index is 1360. The van der Waals surface area contributed by atoms with E-state index in [1.54, 1.807) is 41.0 Å². The van der Waals surface area contributed by atoms with Gasteiger partial charge in [0.1, 0.15) is 17.0 Å². The molecule has 0 aliphatic heterocycles. The fourth-order valence-electron chi connectivity index (χ4n) is 3.25. The molecule has 4 aromatic rings. The van der Waals surface area contributed by atoms with Crippen LogP contribution in [0.15, 0.2) is 56.7 Å². The molecule has 3 heterocycles. The van der Waals surface area contributed by atoms with Gasteiger partial charge in [0.25, 0.3) is 5.56 Å². The molecular weight excluding hydrogens is 458 g/mol. The lowest BCUT2D eigenvalue weighted by Gasteiger charge is -2.13. The maximum absolute atomic E-state index is 13.1. The van der Waals surface area contributed by atoms with Crippen molar-refractivity contribution in [1.82, 2.24) is 9.13 Å². The molecule has 1 N–H and O–H groups in total. The van der Waals surface area contributed by atoms with Gasteiger partial charge in [0, 0.05) is 17.1 Å². The van der Waals surface area contributed by atoms with Crippen molar-refractivity contribution in [3.05, 3.63) is 77.9 Å². The van der Waals surface area contributed by atoms with Gasteiger partial charge in [-0.3, -0.25) is 18.7 Å². The first-order valence-corrected chi connectivity index (χ1v) is 11.5. The van der Waals surface area contributed by atoms with Gasteiger partial charge in [0.15, 0.2) is 0 Å². The Labute approximate surface area is 190 Å². The summed E-state index contributed by atoms with van der Waals surface area (Å²) in [6, 6.07) is 10.5. The van der Waals surface area contributed by atoms with Crippen LogP contribution in [-0.2, 0) is 24.3 Å². The van der Waals surface area contributed by atoms with Crippen molar-refractivity contribution in [3.8, 4) is 5.75 Å². The van der Waals surface area contributed by atoms with Gasteiger partial charge in [-0.05, 0) is 47.5 Å². The summed E-state index contributed by atoms with van der Waals surface area (Å²) in [7, 11) is 1.51. The maximum Gasteiger partial charge on any atom is 0.332 e. The molecule has 0 saturated carbocycles. The number of hydrogen-bond acceptors (Lipinski definition) is 6. The number of fused-ring (bicyclic) bond motifs is 1. The molecule has 10 heteroatoms. The maximum atomic E-state index is 13.1. The number of amides is 1. The number of carbonyl (C=O) groups is 1. The number of thiophene rings is 2. The number of halogens is 1. The molecule has 0 bridgehead atoms. The summed E-state index contributed by atoms with van der Waals surface area (Å²) in [6.07, 6.45) is 0.570. The lowest BCUT2D eigenvalue weighted by molar-refractivity contribution is -0.116. The van der Waals surface area contributed by atoms with E-state index in [0.29, 0.717) is 33.1 Å². The van der Waals surface area contributed by atoms with Crippen molar-refractivity contribution in [3.63, 3.8) is 0 Å². The average Bonchev–Trinajstić information content (AvgIpc) is 3.43. The smallest absolute Gasteiger partial charge is 0.332 e. The Morgan fingerprint density at radius 1 is 1.13 bits per heavy atom. The van der Waals surface area contributed by atoms with E-state index in [1.165, 1.54) is 27.6 Å². The Hall–Kier alpha value is -2.88. The largest absolute Gasteiger partial charge is 0.495 e. The summed E-state index contributed by atoms with van der Waals surface area (Å²) in [5, 5.41) is 6.79. The number of carbonyl (C=O) groups excluding carboxylic acids is 1. The standard InChI is InChI=1S/C21H18ClN3O4S2/c1-29-17-5-4-13(11-15(17)22)23-18(26)12-25-16-7-10-31-19(16)20(27)24(21(25)28)8-6-14-3-2-9-30-14/h2-5,7,9-11H,6,8,12H2,1H3,(H,23,26). The number of nitrogens with one attached hydrogen (secondary N) is 1. The Kier molecular flexibility index (Phi) is 6.26. The fourth-order valence-corrected chi connectivity index (χ4v) is 5.05. The molecule has 3 aromatic heterocycles. The summed E-state index contributed by atoms with van der Waals surface area (Å²) in [5.74, 6) is 0.0907. The Balaban J connectivity index is 1.62. The van der Waals surface area contributed by atoms with E-state index in [9.17, 15) is 14.4 Å². The highest BCUT2D eigenvalue weighted by Gasteiger charge is 2.17. The predicted molar refractivity (Wildman–Crippen MR) is 125 cm³/mol. The number of rotatable bonds is 7. The van der Waals surface area contributed by atoms with Crippen LogP contribution in [0, 0.1) is 0 Å². The van der Waals surface area contributed by atoms with Crippen LogP contribution in [0.3, 0.4) is 0 Å². The number of hydrogen-bond donors (Lipinski definition) is 1. The third kappa shape index (κ3) is 4.43. The molecule has 0 atom stereocenters. The van der Waals surface area contributed by atoms with Gasteiger partial charge < -0.3 is 10.1 Å². The second-order valence-electron chi connectivity index (χ2n) is 6.69. The molecule has 31 heavy (non-hydrogen) atoms. The highest BCUT2D eigenvalue weighted by atomic mass is 35.5. The van der Waals surface area contributed by atoms with Crippen molar-refractivity contribution in [2.45, 2.75) is 19.5 Å². The lowest BCUT2D eigenvalue weighted by atomic mass is 10.3. The monoisotopic (exact) mass is 475 g/mol. The molecule has 7 nitrogen and oxygen atoms in total. The van der Waals surface area contributed by atoms with Crippen molar-refractivity contribution < 1.29 is 9.53 Å². The summed E-state index contributed by atoms with van der Waals surface area (Å²) < 4.78 is 8.10. The molecule has 0 spiro atoms. The highest BCUT2D eigenvalue weighted by molar-refractivity contribution is 7.17. The minimum absolute atomic E-state index is 0.227. The zero-order chi connectivity index (χ0) is 22.0. The zero-order valence-electron chi connectivity index (χ0n) is 16.5. The predicted octanol–water partition coefficient (Wildman–Crippen LogP) is 3.83. The topological polar surface area (TPSA) is 82.3 Å². The van der Waals surface area contributed by atoms with Gasteiger partial charge in [-0.25, -0.2) is 4.79 Å². The molecule has 0 fully saturated rings. The first-order chi connectivity index (χ1) is 15.0. The van der Waals surface area contributed by atoms with Crippen LogP contribution >= 0.6 is 34.3 Å². The summed E-state index contributed by atoms with van der Waals surface area (Å²) in [5.41, 5.74) is 0.104. The van der Waals surface area contributed by atoms with Crippen molar-refractivity contribution in [2.75, 3.05) is 12.4 Å². The van der Waals surface area contributed by atoms with E-state index in [2.05, 4.69) is 5.32 Å². The van der Waals surface area contributed by atoms with E-state index >= 15 is 0 Å². The van der Waals surface area contributed by atoms with Crippen molar-refractivity contribution in [1.29, 1.82) is 0 Å². The van der Waals surface area contributed by atoms with E-state index in [0.717, 1.165) is 4.88 Å². The molecule has 0 aliphatic rings.